The minimum atomic E-state index is -0.848. The number of likely N-dealkylation sites (tertiary alicyclic amines) is 1. The molecule has 3 aromatic carbocycles. The van der Waals surface area contributed by atoms with Crippen LogP contribution in [0, 0.1) is 6.92 Å². The van der Waals surface area contributed by atoms with Gasteiger partial charge in [-0.15, -0.1) is 0 Å². The number of hydrogen-bond donors (Lipinski definition) is 3. The molecule has 0 radical (unpaired) electrons. The van der Waals surface area contributed by atoms with Crippen LogP contribution in [0.5, 0.6) is 0 Å². The van der Waals surface area contributed by atoms with Gasteiger partial charge in [0.1, 0.15) is 12.3 Å². The van der Waals surface area contributed by atoms with E-state index in [0.717, 1.165) is 29.7 Å². The van der Waals surface area contributed by atoms with E-state index in [2.05, 4.69) is 60.7 Å². The van der Waals surface area contributed by atoms with Gasteiger partial charge in [-0.25, -0.2) is 4.98 Å². The smallest absolute Gasteiger partial charge is 0.254 e. The van der Waals surface area contributed by atoms with Crippen LogP contribution in [0.2, 0.25) is 0 Å². The minimum absolute atomic E-state index is 0.0500. The fourth-order valence-corrected chi connectivity index (χ4v) is 5.81. The van der Waals surface area contributed by atoms with Crippen LogP contribution >= 0.6 is 0 Å². The predicted octanol–water partition coefficient (Wildman–Crippen LogP) is 5.75. The summed E-state index contributed by atoms with van der Waals surface area (Å²) >= 11 is 0. The molecule has 2 amide bonds. The summed E-state index contributed by atoms with van der Waals surface area (Å²) in [6, 6.07) is 24.2. The molecule has 8 heteroatoms. The first-order valence-electron chi connectivity index (χ1n) is 15.7. The zero-order valence-corrected chi connectivity index (χ0v) is 26.6. The molecule has 45 heavy (non-hydrogen) atoms. The number of nitrogens with zero attached hydrogens (tertiary/aromatic N) is 2. The zero-order valence-electron chi connectivity index (χ0n) is 26.6. The second-order valence-corrected chi connectivity index (χ2v) is 13.0. The summed E-state index contributed by atoms with van der Waals surface area (Å²) in [7, 11) is 0. The van der Waals surface area contributed by atoms with Gasteiger partial charge in [-0.1, -0.05) is 81.4 Å². The van der Waals surface area contributed by atoms with Gasteiger partial charge in [0.25, 0.3) is 11.8 Å². The third-order valence-electron chi connectivity index (χ3n) is 8.36. The van der Waals surface area contributed by atoms with Crippen LogP contribution < -0.4 is 10.6 Å². The highest BCUT2D eigenvalue weighted by Gasteiger charge is 2.34. The number of amides is 2. The largest absolute Gasteiger partial charge is 0.446 e. The number of aliphatic hydroxyl groups is 1. The SMILES string of the molecule is Cc1coc([C@H]2CCCN2C(=O)c2cccc(C(=O)N[C@@H](Cc3ccccc3)[C@H](O)CNCc3cccc(C(C)(C)C)c3)c2)n1. The second kappa shape index (κ2) is 14.2. The van der Waals surface area contributed by atoms with Crippen LogP contribution in [0.25, 0.3) is 0 Å². The number of oxazole rings is 1. The number of carbonyl (C=O) groups is 2. The molecule has 3 N–H and O–H groups in total. The van der Waals surface area contributed by atoms with Crippen LogP contribution in [0.4, 0.5) is 0 Å². The van der Waals surface area contributed by atoms with Crippen LogP contribution in [-0.4, -0.2) is 52.0 Å². The van der Waals surface area contributed by atoms with Crippen molar-refractivity contribution < 1.29 is 19.1 Å². The maximum atomic E-state index is 13.6. The third-order valence-corrected chi connectivity index (χ3v) is 8.36. The van der Waals surface area contributed by atoms with Crippen molar-refractivity contribution in [3.63, 3.8) is 0 Å². The van der Waals surface area contributed by atoms with Gasteiger partial charge in [0.2, 0.25) is 5.89 Å². The Bertz CT molecular complexity index is 1590. The molecule has 1 aliphatic heterocycles. The van der Waals surface area contributed by atoms with Gasteiger partial charge >= 0.3 is 0 Å². The highest BCUT2D eigenvalue weighted by molar-refractivity contribution is 6.00. The first-order chi connectivity index (χ1) is 21.6. The lowest BCUT2D eigenvalue weighted by molar-refractivity contribution is 0.0715. The average Bonchev–Trinajstić information content (AvgIpc) is 3.70. The molecule has 1 saturated heterocycles. The van der Waals surface area contributed by atoms with E-state index in [1.807, 2.05) is 37.3 Å². The molecule has 0 spiro atoms. The summed E-state index contributed by atoms with van der Waals surface area (Å²) in [5, 5.41) is 17.7. The van der Waals surface area contributed by atoms with Crippen molar-refractivity contribution in [1.29, 1.82) is 0 Å². The Morgan fingerprint density at radius 3 is 2.47 bits per heavy atom. The highest BCUT2D eigenvalue weighted by atomic mass is 16.3. The van der Waals surface area contributed by atoms with Crippen molar-refractivity contribution in [3.8, 4) is 0 Å². The summed E-state index contributed by atoms with van der Waals surface area (Å²) in [4.78, 5) is 33.4. The van der Waals surface area contributed by atoms with Gasteiger partial charge in [-0.2, -0.15) is 0 Å². The lowest BCUT2D eigenvalue weighted by Gasteiger charge is -2.25. The number of carbonyl (C=O) groups excluding carboxylic acids is 2. The van der Waals surface area contributed by atoms with Crippen molar-refractivity contribution in [2.75, 3.05) is 13.1 Å². The van der Waals surface area contributed by atoms with Gasteiger partial charge in [0, 0.05) is 30.8 Å². The number of hydrogen-bond acceptors (Lipinski definition) is 6. The van der Waals surface area contributed by atoms with Gasteiger partial charge in [0.15, 0.2) is 0 Å². The number of aryl methyl sites for hydroxylation is 1. The Balaban J connectivity index is 1.26. The maximum Gasteiger partial charge on any atom is 0.254 e. The van der Waals surface area contributed by atoms with Gasteiger partial charge in [-0.05, 0) is 66.5 Å². The molecule has 5 rings (SSSR count). The molecular weight excluding hydrogens is 564 g/mol. The molecule has 0 aliphatic carbocycles. The number of aliphatic hydroxyl groups excluding tert-OH is 1. The van der Waals surface area contributed by atoms with E-state index in [0.29, 0.717) is 43.1 Å². The first kappa shape index (κ1) is 32.1. The molecule has 236 valence electrons. The summed E-state index contributed by atoms with van der Waals surface area (Å²) in [6.07, 6.45) is 2.84. The molecule has 1 aromatic heterocycles. The average molecular weight is 609 g/mol. The Kier molecular flexibility index (Phi) is 10.2. The zero-order chi connectivity index (χ0) is 32.0. The number of aromatic nitrogens is 1. The Morgan fingerprint density at radius 1 is 1.00 bits per heavy atom. The lowest BCUT2D eigenvalue weighted by atomic mass is 9.86. The molecule has 0 unspecified atom stereocenters. The lowest BCUT2D eigenvalue weighted by Crippen LogP contribution is -2.48. The summed E-state index contributed by atoms with van der Waals surface area (Å²) in [5.74, 6) is 0.0351. The van der Waals surface area contributed by atoms with Crippen LogP contribution in [0.1, 0.15) is 88.6 Å². The van der Waals surface area contributed by atoms with E-state index < -0.39 is 12.1 Å². The Labute approximate surface area is 265 Å². The van der Waals surface area contributed by atoms with Crippen molar-refractivity contribution in [3.05, 3.63) is 125 Å². The molecule has 3 atom stereocenters. The first-order valence-corrected chi connectivity index (χ1v) is 15.7. The minimum Gasteiger partial charge on any atom is -0.446 e. The van der Waals surface area contributed by atoms with E-state index in [9.17, 15) is 14.7 Å². The fraction of sp³-hybridized carbons (Fsp3) is 0.378. The fourth-order valence-electron chi connectivity index (χ4n) is 5.81. The third kappa shape index (κ3) is 8.26. The molecule has 2 heterocycles. The van der Waals surface area contributed by atoms with Crippen LogP contribution in [-0.2, 0) is 18.4 Å². The van der Waals surface area contributed by atoms with E-state index in [4.69, 9.17) is 4.42 Å². The van der Waals surface area contributed by atoms with Gasteiger partial charge in [0.05, 0.1) is 17.8 Å². The quantitative estimate of drug-likeness (QED) is 0.200. The summed E-state index contributed by atoms with van der Waals surface area (Å²) in [6.45, 7) is 9.92. The maximum absolute atomic E-state index is 13.6. The summed E-state index contributed by atoms with van der Waals surface area (Å²) < 4.78 is 5.62. The highest BCUT2D eigenvalue weighted by Crippen LogP contribution is 2.32. The van der Waals surface area contributed by atoms with Crippen molar-refractivity contribution in [2.24, 2.45) is 0 Å². The van der Waals surface area contributed by atoms with Crippen molar-refractivity contribution >= 4 is 11.8 Å². The topological polar surface area (TPSA) is 108 Å². The van der Waals surface area contributed by atoms with Crippen molar-refractivity contribution in [2.45, 2.75) is 77.1 Å². The van der Waals surface area contributed by atoms with E-state index in [1.54, 1.807) is 35.4 Å². The molecule has 4 aromatic rings. The van der Waals surface area contributed by atoms with Crippen LogP contribution in [0.15, 0.2) is 89.5 Å². The molecule has 1 aliphatic rings. The monoisotopic (exact) mass is 608 g/mol. The van der Waals surface area contributed by atoms with Gasteiger partial charge in [-0.3, -0.25) is 9.59 Å². The summed E-state index contributed by atoms with van der Waals surface area (Å²) in [5.41, 5.74) is 5.01. The molecule has 8 nitrogen and oxygen atoms in total. The predicted molar refractivity (Wildman–Crippen MR) is 175 cm³/mol. The normalized spacial score (nSPS) is 16.4. The van der Waals surface area contributed by atoms with E-state index in [-0.39, 0.29) is 23.3 Å². The molecule has 0 saturated carbocycles. The molecular formula is C37H44N4O4. The second-order valence-electron chi connectivity index (χ2n) is 13.0. The van der Waals surface area contributed by atoms with E-state index >= 15 is 0 Å². The molecule has 1 fully saturated rings. The Morgan fingerprint density at radius 2 is 1.73 bits per heavy atom. The van der Waals surface area contributed by atoms with Crippen molar-refractivity contribution in [1.82, 2.24) is 20.5 Å². The standard InChI is InChI=1S/C37H44N4O4/c1-25-24-45-35(39-25)32-17-10-18-41(32)36(44)29-15-9-14-28(21-29)34(43)40-31(20-26-11-6-5-7-12-26)33(42)23-38-22-27-13-8-16-30(19-27)37(2,3)4/h5-9,11-16,19,21,24,31-33,38,42H,10,17-18,20,22-23H2,1-4H3,(H,40,43)/t31-,32+,33+/m0/s1. The molecule has 0 bridgehead atoms. The number of nitrogens with one attached hydrogen (secondary N) is 2. The number of rotatable bonds is 11. The van der Waals surface area contributed by atoms with E-state index in [1.165, 1.54) is 5.56 Å². The van der Waals surface area contributed by atoms with Gasteiger partial charge < -0.3 is 25.1 Å². The number of benzene rings is 3. The van der Waals surface area contributed by atoms with Crippen LogP contribution in [0.3, 0.4) is 0 Å². The Hall–Kier alpha value is -4.27.